The highest BCUT2D eigenvalue weighted by Gasteiger charge is 2.18. The van der Waals surface area contributed by atoms with Crippen molar-refractivity contribution in [1.29, 1.82) is 0 Å². The van der Waals surface area contributed by atoms with E-state index in [0.29, 0.717) is 17.4 Å². The summed E-state index contributed by atoms with van der Waals surface area (Å²) < 4.78 is 5.57. The largest absolute Gasteiger partial charge is 0.484 e. The normalized spacial score (nSPS) is 18.4. The van der Waals surface area contributed by atoms with E-state index >= 15 is 0 Å². The topological polar surface area (TPSA) is 58.6 Å². The van der Waals surface area contributed by atoms with E-state index in [0.717, 1.165) is 38.8 Å². The summed E-state index contributed by atoms with van der Waals surface area (Å²) in [5.74, 6) is 0.633. The first-order valence-corrected chi connectivity index (χ1v) is 9.04. The summed E-state index contributed by atoms with van der Waals surface area (Å²) in [5, 5.41) is 3.07. The molecule has 2 amide bonds. The Morgan fingerprint density at radius 3 is 2.33 bits per heavy atom. The fourth-order valence-corrected chi connectivity index (χ4v) is 3.42. The molecule has 5 nitrogen and oxygen atoms in total. The van der Waals surface area contributed by atoms with Gasteiger partial charge in [-0.2, -0.15) is 0 Å². The van der Waals surface area contributed by atoms with Gasteiger partial charge in [0.15, 0.2) is 6.61 Å². The molecule has 2 fully saturated rings. The van der Waals surface area contributed by atoms with E-state index in [4.69, 9.17) is 4.74 Å². The highest BCUT2D eigenvalue weighted by atomic mass is 16.5. The molecule has 1 aromatic rings. The standard InChI is InChI=1S/C19H26N2O3/c22-18(21-12-4-1-5-13-21)14-24-17-10-8-15(9-11-17)19(23)20-16-6-2-3-7-16/h8-11,16H,1-7,12-14H2,(H,20,23). The van der Waals surface area contributed by atoms with Crippen LogP contribution in [-0.2, 0) is 4.79 Å². The molecule has 1 aliphatic heterocycles. The molecule has 1 N–H and O–H groups in total. The zero-order valence-electron chi connectivity index (χ0n) is 14.1. The molecular formula is C19H26N2O3. The van der Waals surface area contributed by atoms with Gasteiger partial charge in [-0.05, 0) is 56.4 Å². The van der Waals surface area contributed by atoms with Crippen LogP contribution < -0.4 is 10.1 Å². The Balaban J connectivity index is 1.47. The first-order valence-electron chi connectivity index (χ1n) is 9.04. The summed E-state index contributed by atoms with van der Waals surface area (Å²) in [5.41, 5.74) is 0.636. The quantitative estimate of drug-likeness (QED) is 0.903. The number of benzene rings is 1. The zero-order valence-corrected chi connectivity index (χ0v) is 14.1. The number of nitrogens with zero attached hydrogens (tertiary/aromatic N) is 1. The van der Waals surface area contributed by atoms with Gasteiger partial charge < -0.3 is 15.0 Å². The van der Waals surface area contributed by atoms with Crippen molar-refractivity contribution in [1.82, 2.24) is 10.2 Å². The Morgan fingerprint density at radius 2 is 1.67 bits per heavy atom. The molecule has 0 aromatic heterocycles. The van der Waals surface area contributed by atoms with E-state index in [1.807, 2.05) is 4.90 Å². The first kappa shape index (κ1) is 16.8. The van der Waals surface area contributed by atoms with Crippen molar-refractivity contribution >= 4 is 11.8 Å². The maximum Gasteiger partial charge on any atom is 0.260 e. The molecule has 1 aromatic carbocycles. The molecule has 1 heterocycles. The Bertz CT molecular complexity index is 558. The SMILES string of the molecule is O=C(NC1CCCC1)c1ccc(OCC(=O)N2CCCCC2)cc1. The number of ether oxygens (including phenoxy) is 1. The molecule has 0 unspecified atom stereocenters. The van der Waals surface area contributed by atoms with E-state index < -0.39 is 0 Å². The number of hydrogen-bond donors (Lipinski definition) is 1. The Morgan fingerprint density at radius 1 is 1.00 bits per heavy atom. The smallest absolute Gasteiger partial charge is 0.260 e. The van der Waals surface area contributed by atoms with E-state index in [9.17, 15) is 9.59 Å². The van der Waals surface area contributed by atoms with Crippen LogP contribution in [0.25, 0.3) is 0 Å². The fourth-order valence-electron chi connectivity index (χ4n) is 3.42. The molecule has 5 heteroatoms. The number of rotatable bonds is 5. The van der Waals surface area contributed by atoms with Crippen LogP contribution in [0.5, 0.6) is 5.75 Å². The van der Waals surface area contributed by atoms with E-state index in [1.54, 1.807) is 24.3 Å². The van der Waals surface area contributed by atoms with Crippen molar-refractivity contribution in [3.63, 3.8) is 0 Å². The molecule has 1 saturated heterocycles. The van der Waals surface area contributed by atoms with Crippen molar-refractivity contribution in [3.8, 4) is 5.75 Å². The summed E-state index contributed by atoms with van der Waals surface area (Å²) >= 11 is 0. The number of carbonyl (C=O) groups excluding carboxylic acids is 2. The van der Waals surface area contributed by atoms with E-state index in [-0.39, 0.29) is 18.4 Å². The number of nitrogens with one attached hydrogen (secondary N) is 1. The molecule has 0 bridgehead atoms. The molecule has 1 aliphatic carbocycles. The second-order valence-electron chi connectivity index (χ2n) is 6.71. The first-order chi connectivity index (χ1) is 11.7. The minimum absolute atomic E-state index is 0.0298. The van der Waals surface area contributed by atoms with Gasteiger partial charge in [0.1, 0.15) is 5.75 Å². The average molecular weight is 330 g/mol. The van der Waals surface area contributed by atoms with Crippen LogP contribution in [0.3, 0.4) is 0 Å². The van der Waals surface area contributed by atoms with Gasteiger partial charge in [0.25, 0.3) is 11.8 Å². The molecule has 0 radical (unpaired) electrons. The average Bonchev–Trinajstić information content (AvgIpc) is 3.14. The van der Waals surface area contributed by atoms with Crippen LogP contribution >= 0.6 is 0 Å². The van der Waals surface area contributed by atoms with E-state index in [1.165, 1.54) is 19.3 Å². The molecule has 0 spiro atoms. The summed E-state index contributed by atoms with van der Waals surface area (Å²) in [6, 6.07) is 7.34. The summed E-state index contributed by atoms with van der Waals surface area (Å²) in [7, 11) is 0. The van der Waals surface area contributed by atoms with Gasteiger partial charge in [-0.1, -0.05) is 12.8 Å². The third kappa shape index (κ3) is 4.49. The minimum atomic E-state index is -0.0298. The monoisotopic (exact) mass is 330 g/mol. The lowest BCUT2D eigenvalue weighted by Gasteiger charge is -2.26. The lowest BCUT2D eigenvalue weighted by atomic mass is 10.1. The molecule has 2 aliphatic rings. The van der Waals surface area contributed by atoms with Crippen LogP contribution in [-0.4, -0.2) is 42.5 Å². The lowest BCUT2D eigenvalue weighted by Crippen LogP contribution is -2.38. The predicted octanol–water partition coefficient (Wildman–Crippen LogP) is 2.75. The predicted molar refractivity (Wildman–Crippen MR) is 92.1 cm³/mol. The Labute approximate surface area is 143 Å². The molecule has 1 saturated carbocycles. The van der Waals surface area contributed by atoms with Gasteiger partial charge >= 0.3 is 0 Å². The summed E-state index contributed by atoms with van der Waals surface area (Å²) in [6.45, 7) is 1.73. The van der Waals surface area contributed by atoms with Crippen LogP contribution in [0.1, 0.15) is 55.3 Å². The molecule has 0 atom stereocenters. The van der Waals surface area contributed by atoms with Gasteiger partial charge in [0.05, 0.1) is 0 Å². The Hall–Kier alpha value is -2.04. The van der Waals surface area contributed by atoms with E-state index in [2.05, 4.69) is 5.32 Å². The van der Waals surface area contributed by atoms with Crippen molar-refractivity contribution in [2.24, 2.45) is 0 Å². The summed E-state index contributed by atoms with van der Waals surface area (Å²) in [4.78, 5) is 26.1. The number of amides is 2. The lowest BCUT2D eigenvalue weighted by molar-refractivity contribution is -0.134. The maximum atomic E-state index is 12.2. The molecular weight excluding hydrogens is 304 g/mol. The summed E-state index contributed by atoms with van der Waals surface area (Å²) in [6.07, 6.45) is 7.91. The third-order valence-electron chi connectivity index (χ3n) is 4.88. The number of hydrogen-bond acceptors (Lipinski definition) is 3. The van der Waals surface area contributed by atoms with Crippen LogP contribution in [0.4, 0.5) is 0 Å². The van der Waals surface area contributed by atoms with Crippen LogP contribution in [0.15, 0.2) is 24.3 Å². The number of piperidine rings is 1. The minimum Gasteiger partial charge on any atom is -0.484 e. The molecule has 3 rings (SSSR count). The fraction of sp³-hybridized carbons (Fsp3) is 0.579. The third-order valence-corrected chi connectivity index (χ3v) is 4.88. The van der Waals surface area contributed by atoms with Gasteiger partial charge in [0, 0.05) is 24.7 Å². The van der Waals surface area contributed by atoms with Crippen molar-refractivity contribution in [2.75, 3.05) is 19.7 Å². The zero-order chi connectivity index (χ0) is 16.8. The van der Waals surface area contributed by atoms with Gasteiger partial charge in [-0.3, -0.25) is 9.59 Å². The van der Waals surface area contributed by atoms with Gasteiger partial charge in [0.2, 0.25) is 0 Å². The van der Waals surface area contributed by atoms with Crippen LogP contribution in [0.2, 0.25) is 0 Å². The maximum absolute atomic E-state index is 12.2. The van der Waals surface area contributed by atoms with Crippen molar-refractivity contribution in [2.45, 2.75) is 51.0 Å². The number of carbonyl (C=O) groups is 2. The van der Waals surface area contributed by atoms with Crippen molar-refractivity contribution in [3.05, 3.63) is 29.8 Å². The number of likely N-dealkylation sites (tertiary alicyclic amines) is 1. The highest BCUT2D eigenvalue weighted by molar-refractivity contribution is 5.94. The second kappa shape index (κ2) is 8.18. The van der Waals surface area contributed by atoms with Gasteiger partial charge in [-0.25, -0.2) is 0 Å². The second-order valence-corrected chi connectivity index (χ2v) is 6.71. The Kier molecular flexibility index (Phi) is 5.72. The highest BCUT2D eigenvalue weighted by Crippen LogP contribution is 2.19. The molecule has 24 heavy (non-hydrogen) atoms. The van der Waals surface area contributed by atoms with Crippen LogP contribution in [0, 0.1) is 0 Å². The molecule has 130 valence electrons. The van der Waals surface area contributed by atoms with Gasteiger partial charge in [-0.15, -0.1) is 0 Å². The van der Waals surface area contributed by atoms with Crippen molar-refractivity contribution < 1.29 is 14.3 Å².